The van der Waals surface area contributed by atoms with E-state index in [1.807, 2.05) is 6.08 Å². The molecule has 1 aliphatic carbocycles. The van der Waals surface area contributed by atoms with Crippen LogP contribution in [-0.4, -0.2) is 3.21 Å². The second-order valence-electron chi connectivity index (χ2n) is 5.82. The van der Waals surface area contributed by atoms with Crippen LogP contribution in [-0.2, 0) is 24.2 Å². The quantitative estimate of drug-likeness (QED) is 0.335. The molecule has 1 aliphatic rings. The predicted octanol–water partition coefficient (Wildman–Crippen LogP) is -2.83. The third-order valence-electron chi connectivity index (χ3n) is 3.39. The van der Waals surface area contributed by atoms with Crippen LogP contribution in [0, 0.1) is 6.08 Å². The van der Waals surface area contributed by atoms with Crippen LogP contribution in [0.25, 0.3) is 21.5 Å². The Bertz CT molecular complexity index is 803. The summed E-state index contributed by atoms with van der Waals surface area (Å²) in [6.07, 6.45) is 8.24. The van der Waals surface area contributed by atoms with Gasteiger partial charge < -0.3 is 14.1 Å². The molecule has 0 N–H and O–H groups in total. The van der Waals surface area contributed by atoms with Gasteiger partial charge in [-0.25, -0.2) is 11.6 Å². The van der Waals surface area contributed by atoms with Crippen molar-refractivity contribution in [2.24, 2.45) is 0 Å². The van der Waals surface area contributed by atoms with Crippen LogP contribution in [0.15, 0.2) is 72.3 Å². The minimum absolute atomic E-state index is 0. The van der Waals surface area contributed by atoms with Gasteiger partial charge in [0.05, 0.1) is 0 Å². The molecule has 0 atom stereocenters. The predicted molar refractivity (Wildman–Crippen MR) is 99.6 cm³/mol. The molecule has 4 rings (SSSR count). The molecule has 4 heteroatoms. The molecule has 0 unspecified atom stereocenters. The van der Waals surface area contributed by atoms with E-state index in [1.54, 1.807) is 24.2 Å². The maximum absolute atomic E-state index is 3.05. The van der Waals surface area contributed by atoms with E-state index >= 15 is 0 Å². The molecule has 140 valence electrons. The van der Waals surface area contributed by atoms with Crippen molar-refractivity contribution < 1.29 is 38.3 Å². The zero-order valence-corrected chi connectivity index (χ0v) is 17.6. The van der Waals surface area contributed by atoms with E-state index in [0.29, 0.717) is 0 Å². The zero-order valence-electron chi connectivity index (χ0n) is 15.2. The Labute approximate surface area is 168 Å². The molecule has 0 amide bonds. The molecule has 3 aromatic rings. The van der Waals surface area contributed by atoms with Gasteiger partial charge in [-0.05, 0) is 0 Å². The van der Waals surface area contributed by atoms with E-state index in [-0.39, 0.29) is 14.1 Å². The third-order valence-corrected chi connectivity index (χ3v) is 3.39. The molecule has 0 saturated carbocycles. The van der Waals surface area contributed by atoms with E-state index in [2.05, 4.69) is 87.5 Å². The first-order valence-electron chi connectivity index (χ1n) is 7.86. The Balaban J connectivity index is 0. The monoisotopic (exact) mass is 433 g/mol. The van der Waals surface area contributed by atoms with Gasteiger partial charge in [0, 0.05) is 0 Å². The van der Waals surface area contributed by atoms with E-state index in [4.69, 9.17) is 0 Å². The summed E-state index contributed by atoms with van der Waals surface area (Å²) >= 11 is 1.55. The summed E-state index contributed by atoms with van der Waals surface area (Å²) in [5.41, 5.74) is 1.34. The van der Waals surface area contributed by atoms with E-state index in [9.17, 15) is 0 Å². The summed E-state index contributed by atoms with van der Waals surface area (Å²) in [5, 5.41) is 5.39. The Kier molecular flexibility index (Phi) is 13.8. The number of fused-ring (bicyclic) bond motifs is 3. The molecular formula is C22H22F3Zr-5. The van der Waals surface area contributed by atoms with Crippen molar-refractivity contribution in [3.8, 4) is 0 Å². The molecule has 3 aromatic carbocycles. The van der Waals surface area contributed by atoms with Crippen LogP contribution in [0.5, 0.6) is 0 Å². The smallest absolute Gasteiger partial charge is 0.0771 e. The number of hydrogen-bond acceptors (Lipinski definition) is 0. The molecular weight excluding hydrogens is 412 g/mol. The normalized spacial score (nSPS) is 10.8. The fourth-order valence-electron chi connectivity index (χ4n) is 2.40. The second-order valence-corrected chi connectivity index (χ2v) is 8.28. The fourth-order valence-corrected chi connectivity index (χ4v) is 2.40. The van der Waals surface area contributed by atoms with Crippen molar-refractivity contribution in [3.05, 3.63) is 78.4 Å². The van der Waals surface area contributed by atoms with Crippen molar-refractivity contribution in [1.29, 1.82) is 0 Å². The first-order chi connectivity index (χ1) is 11.1. The summed E-state index contributed by atoms with van der Waals surface area (Å²) in [5.74, 6) is 0. The summed E-state index contributed by atoms with van der Waals surface area (Å²) in [7, 11) is 0. The first-order valence-corrected chi connectivity index (χ1v) is 9.09. The molecule has 0 radical (unpaired) electrons. The summed E-state index contributed by atoms with van der Waals surface area (Å²) in [6, 6.07) is 19.3. The number of allylic oxidation sites excluding steroid dienone is 4. The van der Waals surface area contributed by atoms with Gasteiger partial charge in [0.15, 0.2) is 0 Å². The van der Waals surface area contributed by atoms with Crippen molar-refractivity contribution in [2.75, 3.05) is 0 Å². The van der Waals surface area contributed by atoms with Crippen LogP contribution in [0.3, 0.4) is 0 Å². The fraction of sp³-hybridized carbons (Fsp3) is 0.182. The Morgan fingerprint density at radius 1 is 0.885 bits per heavy atom. The van der Waals surface area contributed by atoms with E-state index in [0.717, 1.165) is 6.42 Å². The van der Waals surface area contributed by atoms with Gasteiger partial charge >= 0.3 is 41.3 Å². The van der Waals surface area contributed by atoms with Gasteiger partial charge in [-0.15, -0.1) is 53.1 Å². The first kappa shape index (κ1) is 26.6. The number of halogens is 3. The van der Waals surface area contributed by atoms with E-state index < -0.39 is 0 Å². The molecule has 0 aromatic heterocycles. The molecule has 0 nitrogen and oxygen atoms in total. The minimum atomic E-state index is 0. The van der Waals surface area contributed by atoms with E-state index in [1.165, 1.54) is 30.3 Å². The van der Waals surface area contributed by atoms with Gasteiger partial charge in [-0.3, -0.25) is 6.08 Å². The standard InChI is InChI=1S/C13H9.C6H7.C3H6.3FH.Zr/c1-3-7-12-10(5-1)9-11-6-2-4-8-13(11)12;1-6-4-2-3-5-6;1-3-2;;;;/h1-9H;4-5H,2H2,1H3;1-2H3;3*1H;/q2*-1;;;;;/p-3. The average molecular weight is 435 g/mol. The van der Waals surface area contributed by atoms with Crippen LogP contribution >= 0.6 is 0 Å². The third kappa shape index (κ3) is 8.14. The van der Waals surface area contributed by atoms with Crippen LogP contribution in [0.1, 0.15) is 27.2 Å². The van der Waals surface area contributed by atoms with Crippen LogP contribution in [0.4, 0.5) is 0 Å². The summed E-state index contributed by atoms with van der Waals surface area (Å²) < 4.78 is 1.51. The second kappa shape index (κ2) is 13.5. The maximum Gasteiger partial charge on any atom is -0.0771 e. The Morgan fingerprint density at radius 2 is 1.31 bits per heavy atom. The summed E-state index contributed by atoms with van der Waals surface area (Å²) in [6.45, 7) is 6.33. The van der Waals surface area contributed by atoms with Gasteiger partial charge in [-0.2, -0.15) is 6.08 Å². The average Bonchev–Trinajstić information content (AvgIpc) is 3.13. The Morgan fingerprint density at radius 3 is 1.62 bits per heavy atom. The van der Waals surface area contributed by atoms with Crippen molar-refractivity contribution >= 4 is 24.8 Å². The van der Waals surface area contributed by atoms with Crippen LogP contribution in [0.2, 0.25) is 0 Å². The molecule has 0 spiro atoms. The largest absolute Gasteiger partial charge is 1.00 e. The van der Waals surface area contributed by atoms with Crippen molar-refractivity contribution in [1.82, 2.24) is 0 Å². The van der Waals surface area contributed by atoms with Gasteiger partial charge in [0.25, 0.3) is 0 Å². The van der Waals surface area contributed by atoms with Gasteiger partial charge in [0.1, 0.15) is 0 Å². The zero-order chi connectivity index (χ0) is 16.7. The maximum atomic E-state index is 3.05. The Hall–Kier alpha value is -1.67. The topological polar surface area (TPSA) is 0 Å². The van der Waals surface area contributed by atoms with Crippen molar-refractivity contribution in [3.63, 3.8) is 0 Å². The number of hydrogen-bond donors (Lipinski definition) is 0. The molecule has 0 saturated heterocycles. The number of rotatable bonds is 0. The van der Waals surface area contributed by atoms with Gasteiger partial charge in [0.2, 0.25) is 0 Å². The van der Waals surface area contributed by atoms with Crippen LogP contribution < -0.4 is 14.1 Å². The SMILES string of the molecule is CC1=CC[C-]=C1.C[C](C)=[Zr].[F-].[F-].[F-].c1ccc2c(c1)[cH-]c1ccccc12. The molecule has 0 aliphatic heterocycles. The molecule has 0 heterocycles. The van der Waals surface area contributed by atoms with Crippen molar-refractivity contribution in [2.45, 2.75) is 27.2 Å². The molecule has 26 heavy (non-hydrogen) atoms. The van der Waals surface area contributed by atoms with Gasteiger partial charge in [-0.1, -0.05) is 36.4 Å². The number of benzene rings is 2. The summed E-state index contributed by atoms with van der Waals surface area (Å²) in [4.78, 5) is 0. The molecule has 0 fully saturated rings. The molecule has 0 bridgehead atoms. The minimum Gasteiger partial charge on any atom is -1.00 e.